The summed E-state index contributed by atoms with van der Waals surface area (Å²) in [7, 11) is 0. The van der Waals surface area contributed by atoms with Crippen LogP contribution < -0.4 is 5.32 Å². The lowest BCUT2D eigenvalue weighted by atomic mass is 10.3. The van der Waals surface area contributed by atoms with Gasteiger partial charge in [-0.15, -0.1) is 12.4 Å². The Morgan fingerprint density at radius 1 is 1.50 bits per heavy atom. The molecule has 0 atom stereocenters. The standard InChI is InChI=1S/C12H18N2O2S.ClH/c1-3-16-11(15)10-8(2)13-12(17-10)14-9-6-4-5-7-9;/h9H,3-7H2,1-2H3,(H,13,14);1H. The highest BCUT2D eigenvalue weighted by atomic mass is 35.5. The number of nitrogens with zero attached hydrogens (tertiary/aromatic N) is 1. The molecule has 0 aliphatic heterocycles. The molecule has 1 saturated carbocycles. The Hall–Kier alpha value is -0.810. The largest absolute Gasteiger partial charge is 0.462 e. The van der Waals surface area contributed by atoms with E-state index in [-0.39, 0.29) is 18.4 Å². The van der Waals surface area contributed by atoms with E-state index in [1.807, 2.05) is 13.8 Å². The van der Waals surface area contributed by atoms with Crippen molar-refractivity contribution in [1.82, 2.24) is 4.98 Å². The number of ether oxygens (including phenoxy) is 1. The molecule has 1 N–H and O–H groups in total. The van der Waals surface area contributed by atoms with Gasteiger partial charge >= 0.3 is 5.97 Å². The second kappa shape index (κ2) is 6.95. The summed E-state index contributed by atoms with van der Waals surface area (Å²) in [5.74, 6) is -0.262. The number of anilines is 1. The van der Waals surface area contributed by atoms with Crippen LogP contribution in [0.25, 0.3) is 0 Å². The highest BCUT2D eigenvalue weighted by Crippen LogP contribution is 2.27. The molecule has 1 aromatic rings. The van der Waals surface area contributed by atoms with E-state index in [1.165, 1.54) is 37.0 Å². The summed E-state index contributed by atoms with van der Waals surface area (Å²) in [5, 5.41) is 4.24. The second-order valence-corrected chi connectivity index (χ2v) is 5.28. The predicted molar refractivity (Wildman–Crippen MR) is 75.9 cm³/mol. The molecule has 0 bridgehead atoms. The van der Waals surface area contributed by atoms with E-state index in [0.717, 1.165) is 10.8 Å². The van der Waals surface area contributed by atoms with Crippen LogP contribution >= 0.6 is 23.7 Å². The number of esters is 1. The van der Waals surface area contributed by atoms with E-state index in [9.17, 15) is 4.79 Å². The van der Waals surface area contributed by atoms with E-state index in [4.69, 9.17) is 4.74 Å². The molecule has 18 heavy (non-hydrogen) atoms. The number of carbonyl (C=O) groups is 1. The van der Waals surface area contributed by atoms with Crippen molar-refractivity contribution in [3.05, 3.63) is 10.6 Å². The van der Waals surface area contributed by atoms with Crippen molar-refractivity contribution in [3.63, 3.8) is 0 Å². The Balaban J connectivity index is 0.00000162. The molecule has 0 saturated heterocycles. The lowest BCUT2D eigenvalue weighted by molar-refractivity contribution is 0.0531. The van der Waals surface area contributed by atoms with Gasteiger partial charge in [-0.2, -0.15) is 0 Å². The van der Waals surface area contributed by atoms with Crippen molar-refractivity contribution < 1.29 is 9.53 Å². The third kappa shape index (κ3) is 3.59. The number of carbonyl (C=O) groups excluding carboxylic acids is 1. The van der Waals surface area contributed by atoms with Gasteiger partial charge < -0.3 is 10.1 Å². The SMILES string of the molecule is CCOC(=O)c1sc(NC2CCCC2)nc1C.Cl. The van der Waals surface area contributed by atoms with Gasteiger partial charge in [-0.05, 0) is 26.7 Å². The van der Waals surface area contributed by atoms with Crippen LogP contribution in [0.15, 0.2) is 0 Å². The number of halogens is 1. The zero-order valence-corrected chi connectivity index (χ0v) is 12.3. The van der Waals surface area contributed by atoms with E-state index >= 15 is 0 Å². The molecule has 1 fully saturated rings. The molecule has 1 aromatic heterocycles. The van der Waals surface area contributed by atoms with Gasteiger partial charge in [-0.25, -0.2) is 9.78 Å². The summed E-state index contributed by atoms with van der Waals surface area (Å²) >= 11 is 1.40. The van der Waals surface area contributed by atoms with Crippen molar-refractivity contribution in [3.8, 4) is 0 Å². The summed E-state index contributed by atoms with van der Waals surface area (Å²) < 4.78 is 5.00. The summed E-state index contributed by atoms with van der Waals surface area (Å²) in [6.45, 7) is 4.07. The summed E-state index contributed by atoms with van der Waals surface area (Å²) in [6, 6.07) is 0.524. The number of rotatable bonds is 4. The Bertz CT molecular complexity index is 403. The molecule has 102 valence electrons. The average Bonchev–Trinajstić information content (AvgIpc) is 2.89. The molecular formula is C12H19ClN2O2S. The summed E-state index contributed by atoms with van der Waals surface area (Å²) in [4.78, 5) is 16.6. The third-order valence-electron chi connectivity index (χ3n) is 2.94. The van der Waals surface area contributed by atoms with Crippen LogP contribution in [0.5, 0.6) is 0 Å². The van der Waals surface area contributed by atoms with Crippen molar-refractivity contribution >= 4 is 34.8 Å². The third-order valence-corrected chi connectivity index (χ3v) is 4.01. The Kier molecular flexibility index (Phi) is 5.88. The fraction of sp³-hybridized carbons (Fsp3) is 0.667. The highest BCUT2D eigenvalue weighted by Gasteiger charge is 2.20. The van der Waals surface area contributed by atoms with Crippen LogP contribution in [0.2, 0.25) is 0 Å². The molecule has 0 unspecified atom stereocenters. The fourth-order valence-electron chi connectivity index (χ4n) is 2.09. The van der Waals surface area contributed by atoms with Crippen LogP contribution in [-0.4, -0.2) is 23.6 Å². The zero-order valence-electron chi connectivity index (χ0n) is 10.7. The van der Waals surface area contributed by atoms with Crippen LogP contribution in [0.3, 0.4) is 0 Å². The Morgan fingerprint density at radius 3 is 2.78 bits per heavy atom. The molecule has 1 aliphatic carbocycles. The van der Waals surface area contributed by atoms with Gasteiger partial charge in [0, 0.05) is 6.04 Å². The van der Waals surface area contributed by atoms with Crippen molar-refractivity contribution in [1.29, 1.82) is 0 Å². The second-order valence-electron chi connectivity index (χ2n) is 4.28. The number of aryl methyl sites for hydroxylation is 1. The highest BCUT2D eigenvalue weighted by molar-refractivity contribution is 7.17. The lowest BCUT2D eigenvalue weighted by Crippen LogP contribution is -2.13. The van der Waals surface area contributed by atoms with E-state index < -0.39 is 0 Å². The first-order valence-electron chi connectivity index (χ1n) is 6.11. The molecule has 6 heteroatoms. The quantitative estimate of drug-likeness (QED) is 0.864. The topological polar surface area (TPSA) is 51.2 Å². The molecule has 0 spiro atoms. The first kappa shape index (κ1) is 15.2. The van der Waals surface area contributed by atoms with Gasteiger partial charge in [0.25, 0.3) is 0 Å². The monoisotopic (exact) mass is 290 g/mol. The van der Waals surface area contributed by atoms with Gasteiger partial charge in [0.15, 0.2) is 5.13 Å². The molecule has 1 aliphatic rings. The predicted octanol–water partition coefficient (Wildman–Crippen LogP) is 3.40. The molecule has 0 aromatic carbocycles. The Morgan fingerprint density at radius 2 is 2.17 bits per heavy atom. The maximum atomic E-state index is 11.6. The van der Waals surface area contributed by atoms with Crippen LogP contribution in [0.4, 0.5) is 5.13 Å². The van der Waals surface area contributed by atoms with Crippen LogP contribution in [-0.2, 0) is 4.74 Å². The molecule has 0 radical (unpaired) electrons. The number of hydrogen-bond acceptors (Lipinski definition) is 5. The number of aromatic nitrogens is 1. The number of nitrogens with one attached hydrogen (secondary N) is 1. The first-order valence-corrected chi connectivity index (χ1v) is 6.93. The summed E-state index contributed by atoms with van der Waals surface area (Å²) in [5.41, 5.74) is 0.758. The molecule has 0 amide bonds. The summed E-state index contributed by atoms with van der Waals surface area (Å²) in [6.07, 6.45) is 4.97. The normalized spacial score (nSPS) is 15.2. The lowest BCUT2D eigenvalue weighted by Gasteiger charge is -2.09. The fourth-order valence-corrected chi connectivity index (χ4v) is 3.03. The average molecular weight is 291 g/mol. The number of thiazole rings is 1. The molecular weight excluding hydrogens is 272 g/mol. The van der Waals surface area contributed by atoms with Crippen molar-refractivity contribution in [2.24, 2.45) is 0 Å². The molecule has 2 rings (SSSR count). The van der Waals surface area contributed by atoms with Gasteiger partial charge in [0.05, 0.1) is 12.3 Å². The van der Waals surface area contributed by atoms with Crippen LogP contribution in [0.1, 0.15) is 48.0 Å². The van der Waals surface area contributed by atoms with Gasteiger partial charge in [-0.1, -0.05) is 24.2 Å². The maximum absolute atomic E-state index is 11.6. The van der Waals surface area contributed by atoms with Crippen LogP contribution in [0, 0.1) is 6.92 Å². The van der Waals surface area contributed by atoms with Crippen molar-refractivity contribution in [2.75, 3.05) is 11.9 Å². The maximum Gasteiger partial charge on any atom is 0.350 e. The first-order chi connectivity index (χ1) is 8.20. The Labute approximate surface area is 118 Å². The van der Waals surface area contributed by atoms with Gasteiger partial charge in [0.1, 0.15) is 4.88 Å². The minimum atomic E-state index is -0.262. The smallest absolute Gasteiger partial charge is 0.350 e. The van der Waals surface area contributed by atoms with E-state index in [1.54, 1.807) is 0 Å². The van der Waals surface area contributed by atoms with Crippen molar-refractivity contribution in [2.45, 2.75) is 45.6 Å². The van der Waals surface area contributed by atoms with E-state index in [0.29, 0.717) is 17.5 Å². The zero-order chi connectivity index (χ0) is 12.3. The van der Waals surface area contributed by atoms with E-state index in [2.05, 4.69) is 10.3 Å². The van der Waals surface area contributed by atoms with Gasteiger partial charge in [-0.3, -0.25) is 0 Å². The molecule has 1 heterocycles. The van der Waals surface area contributed by atoms with Gasteiger partial charge in [0.2, 0.25) is 0 Å². The molecule has 4 nitrogen and oxygen atoms in total. The number of hydrogen-bond donors (Lipinski definition) is 1. The minimum Gasteiger partial charge on any atom is -0.462 e. The minimum absolute atomic E-state index is 0.